The Labute approximate surface area is 86.3 Å². The molecule has 2 heteroatoms. The van der Waals surface area contributed by atoms with E-state index >= 15 is 0 Å². The van der Waals surface area contributed by atoms with E-state index in [1.54, 1.807) is 6.08 Å². The Morgan fingerprint density at radius 3 is 2.64 bits per heavy atom. The lowest BCUT2D eigenvalue weighted by Gasteiger charge is -2.29. The zero-order valence-electron chi connectivity index (χ0n) is 9.59. The molecule has 0 N–H and O–H groups in total. The Balaban J connectivity index is 2.65. The van der Waals surface area contributed by atoms with Crippen LogP contribution < -0.4 is 0 Å². The molecule has 0 bridgehead atoms. The van der Waals surface area contributed by atoms with Gasteiger partial charge in [-0.25, -0.2) is 0 Å². The molecule has 80 valence electrons. The third kappa shape index (κ3) is 3.17. The van der Waals surface area contributed by atoms with Crippen LogP contribution in [-0.4, -0.2) is 11.9 Å². The first-order chi connectivity index (χ1) is 6.43. The van der Waals surface area contributed by atoms with Crippen molar-refractivity contribution in [1.82, 2.24) is 0 Å². The third-order valence-corrected chi connectivity index (χ3v) is 2.56. The summed E-state index contributed by atoms with van der Waals surface area (Å²) in [5.41, 5.74) is 0.0641. The maximum Gasteiger partial charge on any atom is 0.159 e. The van der Waals surface area contributed by atoms with Crippen molar-refractivity contribution < 1.29 is 9.53 Å². The summed E-state index contributed by atoms with van der Waals surface area (Å²) in [5, 5.41) is 0. The summed E-state index contributed by atoms with van der Waals surface area (Å²) in [7, 11) is 0. The predicted octanol–water partition coefficient (Wildman–Crippen LogP) is 3.07. The first kappa shape index (κ1) is 11.3. The Kier molecular flexibility index (Phi) is 3.35. The molecule has 0 heterocycles. The molecule has 0 fully saturated rings. The van der Waals surface area contributed by atoms with E-state index in [1.807, 2.05) is 6.92 Å². The smallest absolute Gasteiger partial charge is 0.159 e. The van der Waals surface area contributed by atoms with Crippen molar-refractivity contribution in [3.63, 3.8) is 0 Å². The summed E-state index contributed by atoms with van der Waals surface area (Å²) in [6.07, 6.45) is 4.37. The van der Waals surface area contributed by atoms with Crippen molar-refractivity contribution in [3.05, 3.63) is 11.8 Å². The highest BCUT2D eigenvalue weighted by Crippen LogP contribution is 2.34. The minimum atomic E-state index is 0.0641. The highest BCUT2D eigenvalue weighted by molar-refractivity contribution is 5.91. The molecular formula is C12H20O2. The lowest BCUT2D eigenvalue weighted by atomic mass is 9.79. The molecule has 0 aromatic rings. The van der Waals surface area contributed by atoms with Crippen LogP contribution in [0.5, 0.6) is 0 Å². The van der Waals surface area contributed by atoms with Gasteiger partial charge in [0, 0.05) is 18.9 Å². The van der Waals surface area contributed by atoms with Crippen LogP contribution in [0.2, 0.25) is 0 Å². The molecule has 0 radical (unpaired) electrons. The van der Waals surface area contributed by atoms with Gasteiger partial charge in [-0.05, 0) is 18.8 Å². The molecule has 0 amide bonds. The molecule has 1 atom stereocenters. The van der Waals surface area contributed by atoms with Gasteiger partial charge >= 0.3 is 0 Å². The van der Waals surface area contributed by atoms with E-state index in [0.717, 1.165) is 18.6 Å². The zero-order chi connectivity index (χ0) is 10.8. The predicted molar refractivity (Wildman–Crippen MR) is 56.9 cm³/mol. The molecule has 1 unspecified atom stereocenters. The van der Waals surface area contributed by atoms with Gasteiger partial charge in [0.05, 0.1) is 6.10 Å². The second-order valence-electron chi connectivity index (χ2n) is 4.93. The van der Waals surface area contributed by atoms with Gasteiger partial charge in [0.15, 0.2) is 5.78 Å². The summed E-state index contributed by atoms with van der Waals surface area (Å²) in [5.74, 6) is 1.06. The SMILES string of the molecule is CCC(C)OC1=CC(=O)CC(C)(C)C1. The molecule has 1 aliphatic rings. The zero-order valence-corrected chi connectivity index (χ0v) is 9.59. The molecule has 0 saturated heterocycles. The average Bonchev–Trinajstić information content (AvgIpc) is 1.99. The van der Waals surface area contributed by atoms with E-state index in [1.165, 1.54) is 0 Å². The van der Waals surface area contributed by atoms with Crippen LogP contribution in [0, 0.1) is 5.41 Å². The Morgan fingerprint density at radius 2 is 2.14 bits per heavy atom. The maximum atomic E-state index is 11.4. The van der Waals surface area contributed by atoms with Gasteiger partial charge in [0.1, 0.15) is 5.76 Å². The van der Waals surface area contributed by atoms with Gasteiger partial charge in [-0.3, -0.25) is 4.79 Å². The van der Waals surface area contributed by atoms with Crippen LogP contribution in [0.15, 0.2) is 11.8 Å². The molecule has 0 aromatic carbocycles. The Morgan fingerprint density at radius 1 is 1.50 bits per heavy atom. The standard InChI is InChI=1S/C12H20O2/c1-5-9(2)14-11-6-10(13)7-12(3,4)8-11/h6,9H,5,7-8H2,1-4H3. The number of hydrogen-bond donors (Lipinski definition) is 0. The number of allylic oxidation sites excluding steroid dienone is 2. The van der Waals surface area contributed by atoms with Crippen molar-refractivity contribution in [2.24, 2.45) is 5.41 Å². The van der Waals surface area contributed by atoms with E-state index in [9.17, 15) is 4.79 Å². The molecule has 14 heavy (non-hydrogen) atoms. The van der Waals surface area contributed by atoms with E-state index in [2.05, 4.69) is 20.8 Å². The van der Waals surface area contributed by atoms with Crippen LogP contribution >= 0.6 is 0 Å². The summed E-state index contributed by atoms with van der Waals surface area (Å²) in [6.45, 7) is 8.34. The molecule has 2 nitrogen and oxygen atoms in total. The normalized spacial score (nSPS) is 22.9. The van der Waals surface area contributed by atoms with Gasteiger partial charge in [-0.15, -0.1) is 0 Å². The quantitative estimate of drug-likeness (QED) is 0.693. The fourth-order valence-electron chi connectivity index (χ4n) is 1.70. The van der Waals surface area contributed by atoms with Gasteiger partial charge in [0.25, 0.3) is 0 Å². The number of carbonyl (C=O) groups excluding carboxylic acids is 1. The summed E-state index contributed by atoms with van der Waals surface area (Å²) in [4.78, 5) is 11.4. The maximum absolute atomic E-state index is 11.4. The van der Waals surface area contributed by atoms with Crippen molar-refractivity contribution in [2.45, 2.75) is 53.1 Å². The van der Waals surface area contributed by atoms with Crippen LogP contribution in [0.3, 0.4) is 0 Å². The number of ketones is 1. The van der Waals surface area contributed by atoms with Crippen LogP contribution in [-0.2, 0) is 9.53 Å². The van der Waals surface area contributed by atoms with Crippen molar-refractivity contribution in [1.29, 1.82) is 0 Å². The molecule has 0 aromatic heterocycles. The average molecular weight is 196 g/mol. The number of rotatable bonds is 3. The first-order valence-corrected chi connectivity index (χ1v) is 5.33. The number of hydrogen-bond acceptors (Lipinski definition) is 2. The molecular weight excluding hydrogens is 176 g/mol. The Bertz CT molecular complexity index is 251. The van der Waals surface area contributed by atoms with E-state index in [0.29, 0.717) is 6.42 Å². The topological polar surface area (TPSA) is 26.3 Å². The second-order valence-corrected chi connectivity index (χ2v) is 4.93. The molecule has 0 saturated carbocycles. The van der Waals surface area contributed by atoms with E-state index < -0.39 is 0 Å². The molecule has 0 spiro atoms. The van der Waals surface area contributed by atoms with Crippen LogP contribution in [0.1, 0.15) is 47.0 Å². The molecule has 1 aliphatic carbocycles. The lowest BCUT2D eigenvalue weighted by Crippen LogP contribution is -2.24. The van der Waals surface area contributed by atoms with Crippen molar-refractivity contribution in [2.75, 3.05) is 0 Å². The fourth-order valence-corrected chi connectivity index (χ4v) is 1.70. The highest BCUT2D eigenvalue weighted by atomic mass is 16.5. The summed E-state index contributed by atoms with van der Waals surface area (Å²) < 4.78 is 5.69. The fraction of sp³-hybridized carbons (Fsp3) is 0.750. The van der Waals surface area contributed by atoms with Gasteiger partial charge in [-0.2, -0.15) is 0 Å². The highest BCUT2D eigenvalue weighted by Gasteiger charge is 2.28. The minimum absolute atomic E-state index is 0.0641. The molecule has 1 rings (SSSR count). The molecule has 0 aliphatic heterocycles. The monoisotopic (exact) mass is 196 g/mol. The van der Waals surface area contributed by atoms with Crippen LogP contribution in [0.4, 0.5) is 0 Å². The third-order valence-electron chi connectivity index (χ3n) is 2.56. The van der Waals surface area contributed by atoms with Crippen molar-refractivity contribution in [3.8, 4) is 0 Å². The number of carbonyl (C=O) groups is 1. The largest absolute Gasteiger partial charge is 0.495 e. The van der Waals surface area contributed by atoms with Gasteiger partial charge < -0.3 is 4.74 Å². The van der Waals surface area contributed by atoms with E-state index in [-0.39, 0.29) is 17.3 Å². The van der Waals surface area contributed by atoms with Gasteiger partial charge in [-0.1, -0.05) is 20.8 Å². The second kappa shape index (κ2) is 4.16. The lowest BCUT2D eigenvalue weighted by molar-refractivity contribution is -0.117. The summed E-state index contributed by atoms with van der Waals surface area (Å²) >= 11 is 0. The first-order valence-electron chi connectivity index (χ1n) is 5.33. The Hall–Kier alpha value is -0.790. The van der Waals surface area contributed by atoms with Gasteiger partial charge in [0.2, 0.25) is 0 Å². The number of ether oxygens (including phenoxy) is 1. The van der Waals surface area contributed by atoms with Crippen LogP contribution in [0.25, 0.3) is 0 Å². The van der Waals surface area contributed by atoms with E-state index in [4.69, 9.17) is 4.74 Å². The van der Waals surface area contributed by atoms with Crippen molar-refractivity contribution >= 4 is 5.78 Å². The minimum Gasteiger partial charge on any atom is -0.495 e. The summed E-state index contributed by atoms with van der Waals surface area (Å²) in [6, 6.07) is 0.